The van der Waals surface area contributed by atoms with Gasteiger partial charge in [-0.2, -0.15) is 0 Å². The molecule has 20 heavy (non-hydrogen) atoms. The zero-order chi connectivity index (χ0) is 13.9. The fraction of sp³-hybridized carbons (Fsp3) is 0.500. The Bertz CT molecular complexity index is 613. The SMILES string of the molecule is C[C@@H]1CCCN(C(=O)CSc2ncnc3sccc23)C1. The Morgan fingerprint density at radius 2 is 2.45 bits per heavy atom. The molecule has 1 saturated heterocycles. The number of hydrogen-bond donors (Lipinski definition) is 0. The van der Waals surface area contributed by atoms with Gasteiger partial charge in [-0.1, -0.05) is 18.7 Å². The molecule has 0 radical (unpaired) electrons. The molecule has 0 bridgehead atoms. The number of amides is 1. The molecule has 1 fully saturated rings. The number of rotatable bonds is 3. The first-order valence-electron chi connectivity index (χ1n) is 6.83. The quantitative estimate of drug-likeness (QED) is 0.646. The predicted octanol–water partition coefficient (Wildman–Crippen LogP) is 3.04. The third-order valence-electron chi connectivity index (χ3n) is 3.57. The van der Waals surface area contributed by atoms with E-state index in [1.807, 2.05) is 16.3 Å². The second kappa shape index (κ2) is 6.10. The molecule has 1 atom stereocenters. The van der Waals surface area contributed by atoms with Crippen LogP contribution in [0.25, 0.3) is 10.2 Å². The molecule has 3 rings (SSSR count). The van der Waals surface area contributed by atoms with Crippen LogP contribution in [-0.4, -0.2) is 39.6 Å². The van der Waals surface area contributed by atoms with Gasteiger partial charge in [-0.05, 0) is 30.2 Å². The summed E-state index contributed by atoms with van der Waals surface area (Å²) in [6, 6.07) is 2.02. The van der Waals surface area contributed by atoms with Crippen molar-refractivity contribution in [1.82, 2.24) is 14.9 Å². The molecule has 0 spiro atoms. The zero-order valence-corrected chi connectivity index (χ0v) is 13.0. The average molecular weight is 307 g/mol. The molecular weight excluding hydrogens is 290 g/mol. The fourth-order valence-electron chi connectivity index (χ4n) is 2.52. The van der Waals surface area contributed by atoms with Gasteiger partial charge in [0.15, 0.2) is 0 Å². The highest BCUT2D eigenvalue weighted by Gasteiger charge is 2.21. The van der Waals surface area contributed by atoms with E-state index in [0.717, 1.165) is 34.8 Å². The lowest BCUT2D eigenvalue weighted by atomic mass is 10.0. The predicted molar refractivity (Wildman–Crippen MR) is 83.1 cm³/mol. The Morgan fingerprint density at radius 3 is 3.30 bits per heavy atom. The zero-order valence-electron chi connectivity index (χ0n) is 11.4. The molecule has 1 aliphatic heterocycles. The van der Waals surface area contributed by atoms with Gasteiger partial charge in [0.2, 0.25) is 5.91 Å². The van der Waals surface area contributed by atoms with Crippen molar-refractivity contribution in [3.8, 4) is 0 Å². The lowest BCUT2D eigenvalue weighted by molar-refractivity contribution is -0.130. The summed E-state index contributed by atoms with van der Waals surface area (Å²) in [6.45, 7) is 4.02. The number of carbonyl (C=O) groups is 1. The number of carbonyl (C=O) groups excluding carboxylic acids is 1. The maximum absolute atomic E-state index is 12.3. The molecule has 3 heterocycles. The number of piperidine rings is 1. The van der Waals surface area contributed by atoms with Crippen LogP contribution in [0.5, 0.6) is 0 Å². The van der Waals surface area contributed by atoms with Crippen LogP contribution in [0.3, 0.4) is 0 Å². The van der Waals surface area contributed by atoms with Crippen molar-refractivity contribution >= 4 is 39.2 Å². The Balaban J connectivity index is 1.64. The molecule has 0 unspecified atom stereocenters. The highest BCUT2D eigenvalue weighted by molar-refractivity contribution is 8.00. The summed E-state index contributed by atoms with van der Waals surface area (Å²) in [6.07, 6.45) is 3.94. The van der Waals surface area contributed by atoms with Crippen LogP contribution in [0, 0.1) is 5.92 Å². The lowest BCUT2D eigenvalue weighted by Crippen LogP contribution is -2.40. The number of nitrogens with zero attached hydrogens (tertiary/aromatic N) is 3. The third kappa shape index (κ3) is 2.96. The van der Waals surface area contributed by atoms with Crippen LogP contribution in [0.4, 0.5) is 0 Å². The summed E-state index contributed by atoms with van der Waals surface area (Å²) in [5.74, 6) is 1.32. The standard InChI is InChI=1S/C14H17N3OS2/c1-10-3-2-5-17(7-10)12(18)8-20-14-11-4-6-19-13(11)15-9-16-14/h4,6,9-10H,2-3,5,7-8H2,1H3/t10-/m1/s1. The summed E-state index contributed by atoms with van der Waals surface area (Å²) in [5, 5.41) is 3.98. The molecule has 2 aromatic heterocycles. The van der Waals surface area contributed by atoms with Gasteiger partial charge in [-0.3, -0.25) is 4.79 Å². The van der Waals surface area contributed by atoms with Crippen molar-refractivity contribution in [2.75, 3.05) is 18.8 Å². The Labute approximate surface area is 126 Å². The van der Waals surface area contributed by atoms with E-state index in [-0.39, 0.29) is 5.91 Å². The smallest absolute Gasteiger partial charge is 0.232 e. The van der Waals surface area contributed by atoms with E-state index in [9.17, 15) is 4.79 Å². The van der Waals surface area contributed by atoms with Gasteiger partial charge in [-0.15, -0.1) is 11.3 Å². The van der Waals surface area contributed by atoms with Crippen LogP contribution in [0.2, 0.25) is 0 Å². The second-order valence-electron chi connectivity index (χ2n) is 5.19. The number of aromatic nitrogens is 2. The molecule has 1 aliphatic rings. The topological polar surface area (TPSA) is 46.1 Å². The molecule has 106 valence electrons. The summed E-state index contributed by atoms with van der Waals surface area (Å²) < 4.78 is 0. The number of thiophene rings is 1. The monoisotopic (exact) mass is 307 g/mol. The van der Waals surface area contributed by atoms with E-state index in [0.29, 0.717) is 11.7 Å². The second-order valence-corrected chi connectivity index (χ2v) is 7.05. The first-order valence-corrected chi connectivity index (χ1v) is 8.69. The summed E-state index contributed by atoms with van der Waals surface area (Å²) in [5.41, 5.74) is 0. The van der Waals surface area contributed by atoms with Gasteiger partial charge in [0.25, 0.3) is 0 Å². The van der Waals surface area contributed by atoms with E-state index in [2.05, 4.69) is 16.9 Å². The molecule has 0 N–H and O–H groups in total. The van der Waals surface area contributed by atoms with Crippen LogP contribution >= 0.6 is 23.1 Å². The van der Waals surface area contributed by atoms with Gasteiger partial charge in [0.1, 0.15) is 16.2 Å². The number of thioether (sulfide) groups is 1. The molecule has 0 aliphatic carbocycles. The maximum atomic E-state index is 12.3. The van der Waals surface area contributed by atoms with Crippen LogP contribution < -0.4 is 0 Å². The van der Waals surface area contributed by atoms with Gasteiger partial charge < -0.3 is 4.90 Å². The minimum Gasteiger partial charge on any atom is -0.342 e. The number of fused-ring (bicyclic) bond motifs is 1. The van der Waals surface area contributed by atoms with E-state index >= 15 is 0 Å². The van der Waals surface area contributed by atoms with Crippen LogP contribution in [0.15, 0.2) is 22.8 Å². The van der Waals surface area contributed by atoms with Gasteiger partial charge >= 0.3 is 0 Å². The van der Waals surface area contributed by atoms with Gasteiger partial charge in [0.05, 0.1) is 5.75 Å². The summed E-state index contributed by atoms with van der Waals surface area (Å²) in [7, 11) is 0. The Morgan fingerprint density at radius 1 is 1.55 bits per heavy atom. The van der Waals surface area contributed by atoms with Crippen LogP contribution in [0.1, 0.15) is 19.8 Å². The van der Waals surface area contributed by atoms with Crippen LogP contribution in [-0.2, 0) is 4.79 Å². The Kier molecular flexibility index (Phi) is 4.21. The van der Waals surface area contributed by atoms with Crippen molar-refractivity contribution in [3.63, 3.8) is 0 Å². The normalized spacial score (nSPS) is 19.4. The number of likely N-dealkylation sites (tertiary alicyclic amines) is 1. The molecule has 0 aromatic carbocycles. The first-order chi connectivity index (χ1) is 9.74. The minimum absolute atomic E-state index is 0.226. The fourth-order valence-corrected chi connectivity index (χ4v) is 4.20. The summed E-state index contributed by atoms with van der Waals surface area (Å²) >= 11 is 3.13. The van der Waals surface area contributed by atoms with Crippen molar-refractivity contribution in [2.45, 2.75) is 24.8 Å². The van der Waals surface area contributed by atoms with E-state index < -0.39 is 0 Å². The molecule has 2 aromatic rings. The van der Waals surface area contributed by atoms with Gasteiger partial charge in [0, 0.05) is 18.5 Å². The number of hydrogen-bond acceptors (Lipinski definition) is 5. The molecular formula is C14H17N3OS2. The lowest BCUT2D eigenvalue weighted by Gasteiger charge is -2.30. The molecule has 4 nitrogen and oxygen atoms in total. The molecule has 0 saturated carbocycles. The maximum Gasteiger partial charge on any atom is 0.232 e. The summed E-state index contributed by atoms with van der Waals surface area (Å²) in [4.78, 5) is 23.8. The molecule has 6 heteroatoms. The van der Waals surface area contributed by atoms with Crippen molar-refractivity contribution < 1.29 is 4.79 Å². The van der Waals surface area contributed by atoms with E-state index in [1.165, 1.54) is 18.2 Å². The Hall–Kier alpha value is -1.14. The molecule has 1 amide bonds. The largest absolute Gasteiger partial charge is 0.342 e. The highest BCUT2D eigenvalue weighted by Crippen LogP contribution is 2.28. The van der Waals surface area contributed by atoms with E-state index in [1.54, 1.807) is 17.7 Å². The highest BCUT2D eigenvalue weighted by atomic mass is 32.2. The van der Waals surface area contributed by atoms with Crippen molar-refractivity contribution in [3.05, 3.63) is 17.8 Å². The minimum atomic E-state index is 0.226. The van der Waals surface area contributed by atoms with Gasteiger partial charge in [-0.25, -0.2) is 9.97 Å². The van der Waals surface area contributed by atoms with Crippen molar-refractivity contribution in [1.29, 1.82) is 0 Å². The third-order valence-corrected chi connectivity index (χ3v) is 5.38. The van der Waals surface area contributed by atoms with Crippen molar-refractivity contribution in [2.24, 2.45) is 5.92 Å². The van der Waals surface area contributed by atoms with E-state index in [4.69, 9.17) is 0 Å². The average Bonchev–Trinajstić information content (AvgIpc) is 2.93. The first kappa shape index (κ1) is 13.8.